The molecular formula is C10H21NO4. The van der Waals surface area contributed by atoms with E-state index in [2.05, 4.69) is 0 Å². The molecule has 0 saturated carbocycles. The molecule has 0 aromatic carbocycles. The molecule has 0 amide bonds. The van der Waals surface area contributed by atoms with E-state index in [1.807, 2.05) is 12.0 Å². The molecule has 1 fully saturated rings. The number of nitrogens with zero attached hydrogens (tertiary/aromatic N) is 1. The summed E-state index contributed by atoms with van der Waals surface area (Å²) in [5.41, 5.74) is 0. The summed E-state index contributed by atoms with van der Waals surface area (Å²) in [7, 11) is 3.33. The minimum atomic E-state index is -0.535. The van der Waals surface area contributed by atoms with Crippen LogP contribution in [0, 0.1) is 0 Å². The average Bonchev–Trinajstić information content (AvgIpc) is 2.30. The van der Waals surface area contributed by atoms with Crippen molar-refractivity contribution in [2.24, 2.45) is 0 Å². The van der Waals surface area contributed by atoms with Gasteiger partial charge in [-0.1, -0.05) is 6.92 Å². The van der Waals surface area contributed by atoms with Gasteiger partial charge in [0.1, 0.15) is 0 Å². The Morgan fingerprint density at radius 2 is 2.13 bits per heavy atom. The van der Waals surface area contributed by atoms with Crippen LogP contribution in [-0.4, -0.2) is 58.0 Å². The molecule has 5 heteroatoms. The van der Waals surface area contributed by atoms with Crippen LogP contribution in [0.15, 0.2) is 0 Å². The lowest BCUT2D eigenvalue weighted by molar-refractivity contribution is -0.316. The zero-order valence-corrected chi connectivity index (χ0v) is 9.82. The first-order valence-corrected chi connectivity index (χ1v) is 5.32. The number of hydrogen-bond donors (Lipinski definition) is 0. The fourth-order valence-corrected chi connectivity index (χ4v) is 1.60. The Labute approximate surface area is 91.2 Å². The summed E-state index contributed by atoms with van der Waals surface area (Å²) in [6, 6.07) is 0. The molecule has 0 bridgehead atoms. The maximum atomic E-state index is 5.72. The average molecular weight is 219 g/mol. The molecule has 0 N–H and O–H groups in total. The van der Waals surface area contributed by atoms with Crippen molar-refractivity contribution in [3.63, 3.8) is 0 Å². The second-order valence-electron chi connectivity index (χ2n) is 3.50. The topological polar surface area (TPSA) is 40.2 Å². The second kappa shape index (κ2) is 6.40. The lowest BCUT2D eigenvalue weighted by Gasteiger charge is -2.40. The van der Waals surface area contributed by atoms with Crippen molar-refractivity contribution in [1.82, 2.24) is 5.06 Å². The van der Waals surface area contributed by atoms with Crippen LogP contribution >= 0.6 is 0 Å². The minimum absolute atomic E-state index is 0.535. The van der Waals surface area contributed by atoms with Crippen LogP contribution in [0.3, 0.4) is 0 Å². The van der Waals surface area contributed by atoms with E-state index >= 15 is 0 Å². The summed E-state index contributed by atoms with van der Waals surface area (Å²) in [6.07, 6.45) is 0.802. The van der Waals surface area contributed by atoms with Gasteiger partial charge < -0.3 is 19.0 Å². The van der Waals surface area contributed by atoms with Crippen LogP contribution in [0.2, 0.25) is 0 Å². The first-order valence-electron chi connectivity index (χ1n) is 5.32. The van der Waals surface area contributed by atoms with E-state index in [-0.39, 0.29) is 0 Å². The number of rotatable bonds is 6. The molecule has 1 unspecified atom stereocenters. The Bertz CT molecular complexity index is 179. The first-order chi connectivity index (χ1) is 7.26. The van der Waals surface area contributed by atoms with Crippen LogP contribution in [0.1, 0.15) is 13.3 Å². The number of hydrogen-bond acceptors (Lipinski definition) is 5. The normalized spacial score (nSPS) is 28.2. The van der Waals surface area contributed by atoms with E-state index in [0.29, 0.717) is 26.4 Å². The molecule has 0 aromatic heterocycles. The zero-order chi connectivity index (χ0) is 11.1. The highest BCUT2D eigenvalue weighted by molar-refractivity contribution is 4.75. The molecule has 1 aliphatic heterocycles. The van der Waals surface area contributed by atoms with Crippen molar-refractivity contribution in [2.75, 3.05) is 47.1 Å². The number of methoxy groups -OCH3 is 1. The van der Waals surface area contributed by atoms with Gasteiger partial charge in [-0.15, -0.1) is 0 Å². The summed E-state index contributed by atoms with van der Waals surface area (Å²) < 4.78 is 16.4. The van der Waals surface area contributed by atoms with Crippen LogP contribution < -0.4 is 0 Å². The molecule has 5 nitrogen and oxygen atoms in total. The molecule has 0 aliphatic carbocycles. The summed E-state index contributed by atoms with van der Waals surface area (Å²) in [5, 5.41) is 1.86. The Morgan fingerprint density at radius 1 is 1.33 bits per heavy atom. The Morgan fingerprint density at radius 3 is 2.73 bits per heavy atom. The van der Waals surface area contributed by atoms with Crippen molar-refractivity contribution >= 4 is 0 Å². The fourth-order valence-electron chi connectivity index (χ4n) is 1.60. The lowest BCUT2D eigenvalue weighted by Crippen LogP contribution is -2.53. The highest BCUT2D eigenvalue weighted by atomic mass is 16.7. The highest BCUT2D eigenvalue weighted by Gasteiger charge is 2.36. The van der Waals surface area contributed by atoms with Crippen LogP contribution in [-0.2, 0) is 19.0 Å². The van der Waals surface area contributed by atoms with E-state index < -0.39 is 5.79 Å². The third kappa shape index (κ3) is 3.70. The Kier molecular flexibility index (Phi) is 5.49. The van der Waals surface area contributed by atoms with Gasteiger partial charge in [0.15, 0.2) is 5.79 Å². The van der Waals surface area contributed by atoms with Crippen molar-refractivity contribution < 1.29 is 19.0 Å². The molecular weight excluding hydrogens is 198 g/mol. The summed E-state index contributed by atoms with van der Waals surface area (Å²) >= 11 is 0. The molecule has 15 heavy (non-hydrogen) atoms. The van der Waals surface area contributed by atoms with E-state index in [4.69, 9.17) is 19.0 Å². The lowest BCUT2D eigenvalue weighted by atomic mass is 10.2. The SMILES string of the molecule is CCC1(OCCOC)CN(OC)CCO1. The van der Waals surface area contributed by atoms with Gasteiger partial charge in [-0.05, 0) is 6.42 Å². The molecule has 1 aliphatic rings. The van der Waals surface area contributed by atoms with Gasteiger partial charge in [0.05, 0.1) is 33.5 Å². The summed E-state index contributed by atoms with van der Waals surface area (Å²) in [4.78, 5) is 5.20. The molecule has 0 radical (unpaired) electrons. The summed E-state index contributed by atoms with van der Waals surface area (Å²) in [6.45, 7) is 5.23. The van der Waals surface area contributed by atoms with E-state index in [9.17, 15) is 0 Å². The van der Waals surface area contributed by atoms with E-state index in [1.54, 1.807) is 14.2 Å². The highest BCUT2D eigenvalue weighted by Crippen LogP contribution is 2.23. The smallest absolute Gasteiger partial charge is 0.183 e. The number of ether oxygens (including phenoxy) is 3. The van der Waals surface area contributed by atoms with Crippen LogP contribution in [0.4, 0.5) is 0 Å². The molecule has 0 spiro atoms. The van der Waals surface area contributed by atoms with Crippen molar-refractivity contribution in [1.29, 1.82) is 0 Å². The summed E-state index contributed by atoms with van der Waals surface area (Å²) in [5.74, 6) is -0.535. The predicted molar refractivity (Wildman–Crippen MR) is 55.4 cm³/mol. The van der Waals surface area contributed by atoms with Crippen molar-refractivity contribution in [2.45, 2.75) is 19.1 Å². The van der Waals surface area contributed by atoms with Gasteiger partial charge in [-0.25, -0.2) is 0 Å². The van der Waals surface area contributed by atoms with E-state index in [1.165, 1.54) is 0 Å². The zero-order valence-electron chi connectivity index (χ0n) is 9.82. The standard InChI is InChI=1S/C10H21NO4/c1-4-10(15-8-7-12-2)9-11(13-3)5-6-14-10/h4-9H2,1-3H3. The number of morpholine rings is 1. The molecule has 0 aromatic rings. The van der Waals surface area contributed by atoms with Crippen molar-refractivity contribution in [3.05, 3.63) is 0 Å². The largest absolute Gasteiger partial charge is 0.382 e. The maximum absolute atomic E-state index is 5.72. The first kappa shape index (κ1) is 12.9. The molecule has 1 atom stereocenters. The van der Waals surface area contributed by atoms with Crippen LogP contribution in [0.25, 0.3) is 0 Å². The molecule has 1 heterocycles. The molecule has 1 saturated heterocycles. The third-order valence-corrected chi connectivity index (χ3v) is 2.57. The predicted octanol–water partition coefficient (Wildman–Crippen LogP) is 0.649. The maximum Gasteiger partial charge on any atom is 0.183 e. The van der Waals surface area contributed by atoms with Crippen LogP contribution in [0.5, 0.6) is 0 Å². The fraction of sp³-hybridized carbons (Fsp3) is 1.00. The minimum Gasteiger partial charge on any atom is -0.382 e. The van der Waals surface area contributed by atoms with Gasteiger partial charge in [-0.3, -0.25) is 0 Å². The van der Waals surface area contributed by atoms with Gasteiger partial charge in [0, 0.05) is 13.7 Å². The monoisotopic (exact) mass is 219 g/mol. The second-order valence-corrected chi connectivity index (χ2v) is 3.50. The van der Waals surface area contributed by atoms with Crippen molar-refractivity contribution in [3.8, 4) is 0 Å². The van der Waals surface area contributed by atoms with Gasteiger partial charge in [0.2, 0.25) is 0 Å². The van der Waals surface area contributed by atoms with Gasteiger partial charge >= 0.3 is 0 Å². The van der Waals surface area contributed by atoms with E-state index in [0.717, 1.165) is 13.0 Å². The quantitative estimate of drug-likeness (QED) is 0.613. The van der Waals surface area contributed by atoms with Gasteiger partial charge in [0.25, 0.3) is 0 Å². The molecule has 90 valence electrons. The Balaban J connectivity index is 2.43. The Hall–Kier alpha value is -0.200. The molecule has 1 rings (SSSR count). The third-order valence-electron chi connectivity index (χ3n) is 2.57. The van der Waals surface area contributed by atoms with Gasteiger partial charge in [-0.2, -0.15) is 5.06 Å². The number of hydroxylamine groups is 2.